The van der Waals surface area contributed by atoms with Crippen molar-refractivity contribution in [1.29, 1.82) is 0 Å². The molecule has 0 radical (unpaired) electrons. The van der Waals surface area contributed by atoms with Crippen LogP contribution in [0.2, 0.25) is 5.02 Å². The Balaban J connectivity index is 1.93. The van der Waals surface area contributed by atoms with E-state index in [4.69, 9.17) is 11.6 Å². The largest absolute Gasteiger partial charge is 0.394 e. The number of nitrogens with one attached hydrogen (secondary N) is 2. The number of fused-ring (bicyclic) bond motifs is 1. The summed E-state index contributed by atoms with van der Waals surface area (Å²) in [5.74, 6) is -2.68. The van der Waals surface area contributed by atoms with Crippen molar-refractivity contribution in [3.05, 3.63) is 52.1 Å². The van der Waals surface area contributed by atoms with Crippen molar-refractivity contribution in [2.24, 2.45) is 0 Å². The van der Waals surface area contributed by atoms with Crippen LogP contribution in [-0.2, 0) is 17.8 Å². The Morgan fingerprint density at radius 2 is 1.94 bits per heavy atom. The highest BCUT2D eigenvalue weighted by Crippen LogP contribution is 2.26. The minimum absolute atomic E-state index is 0.118. The number of benzene rings is 1. The number of carbonyl (C=O) groups is 3. The number of amides is 2. The molecular formula is C22H25ClFN3O4. The summed E-state index contributed by atoms with van der Waals surface area (Å²) in [6, 6.07) is 5.28. The summed E-state index contributed by atoms with van der Waals surface area (Å²) in [6.07, 6.45) is 3.20. The molecule has 0 unspecified atom stereocenters. The van der Waals surface area contributed by atoms with Crippen LogP contribution in [0.1, 0.15) is 59.7 Å². The van der Waals surface area contributed by atoms with E-state index in [0.29, 0.717) is 29.9 Å². The second-order valence-corrected chi connectivity index (χ2v) is 8.67. The highest BCUT2D eigenvalue weighted by Gasteiger charge is 2.30. The Labute approximate surface area is 184 Å². The zero-order valence-corrected chi connectivity index (χ0v) is 18.2. The van der Waals surface area contributed by atoms with E-state index in [2.05, 4.69) is 10.6 Å². The topological polar surface area (TPSA) is 100 Å². The zero-order valence-electron chi connectivity index (χ0n) is 17.4. The van der Waals surface area contributed by atoms with Crippen LogP contribution in [0.3, 0.4) is 0 Å². The minimum Gasteiger partial charge on any atom is -0.394 e. The number of Topliss-reactive ketones (excluding diaryl/α,β-unsaturated/α-hetero) is 1. The van der Waals surface area contributed by atoms with Gasteiger partial charge in [0.1, 0.15) is 5.82 Å². The highest BCUT2D eigenvalue weighted by atomic mass is 35.5. The third kappa shape index (κ3) is 5.14. The monoisotopic (exact) mass is 449 g/mol. The molecule has 0 atom stereocenters. The van der Waals surface area contributed by atoms with Crippen molar-refractivity contribution in [1.82, 2.24) is 9.88 Å². The molecule has 2 heterocycles. The van der Waals surface area contributed by atoms with Gasteiger partial charge in [-0.1, -0.05) is 18.0 Å². The summed E-state index contributed by atoms with van der Waals surface area (Å²) in [7, 11) is 0. The first-order chi connectivity index (χ1) is 14.6. The third-order valence-corrected chi connectivity index (χ3v) is 5.50. The molecule has 0 bridgehead atoms. The molecule has 1 aromatic heterocycles. The molecule has 31 heavy (non-hydrogen) atoms. The number of carbonyl (C=O) groups excluding carboxylic acids is 3. The van der Waals surface area contributed by atoms with Crippen LogP contribution in [0, 0.1) is 5.82 Å². The average Bonchev–Trinajstić information content (AvgIpc) is 2.90. The second-order valence-electron chi connectivity index (χ2n) is 8.26. The summed E-state index contributed by atoms with van der Waals surface area (Å²) in [5.41, 5.74) is 0.467. The Hall–Kier alpha value is -2.71. The molecule has 0 fully saturated rings. The number of hydrogen-bond donors (Lipinski definition) is 3. The van der Waals surface area contributed by atoms with Gasteiger partial charge in [-0.3, -0.25) is 14.4 Å². The minimum atomic E-state index is -0.955. The van der Waals surface area contributed by atoms with Gasteiger partial charge in [-0.25, -0.2) is 4.39 Å². The van der Waals surface area contributed by atoms with Gasteiger partial charge >= 0.3 is 0 Å². The first-order valence-corrected chi connectivity index (χ1v) is 10.5. The first-order valence-electron chi connectivity index (χ1n) is 10.1. The lowest BCUT2D eigenvalue weighted by atomic mass is 10.1. The van der Waals surface area contributed by atoms with Crippen LogP contribution < -0.4 is 10.6 Å². The van der Waals surface area contributed by atoms with Crippen molar-refractivity contribution >= 4 is 34.9 Å². The number of nitrogens with zero attached hydrogens (tertiary/aromatic N) is 1. The van der Waals surface area contributed by atoms with Gasteiger partial charge in [-0.2, -0.15) is 0 Å². The quantitative estimate of drug-likeness (QED) is 0.465. The van der Waals surface area contributed by atoms with Crippen LogP contribution in [0.15, 0.2) is 24.3 Å². The van der Waals surface area contributed by atoms with Gasteiger partial charge in [0.15, 0.2) is 0 Å². The first kappa shape index (κ1) is 23.0. The number of aromatic nitrogens is 1. The molecule has 1 aliphatic rings. The third-order valence-electron chi connectivity index (χ3n) is 5.21. The maximum atomic E-state index is 13.4. The lowest BCUT2D eigenvalue weighted by Crippen LogP contribution is -2.49. The summed E-state index contributed by atoms with van der Waals surface area (Å²) in [5, 5.41) is 14.4. The van der Waals surface area contributed by atoms with E-state index < -0.39 is 29.0 Å². The summed E-state index contributed by atoms with van der Waals surface area (Å²) in [6.45, 7) is 3.39. The van der Waals surface area contributed by atoms with Crippen molar-refractivity contribution in [2.45, 2.75) is 51.6 Å². The second kappa shape index (κ2) is 9.20. The van der Waals surface area contributed by atoms with E-state index in [9.17, 15) is 23.9 Å². The van der Waals surface area contributed by atoms with Gasteiger partial charge in [0.25, 0.3) is 17.6 Å². The standard InChI is InChI=1S/C22H25ClFN3O4/c1-22(2,12-28)26-21(31)19(29)18-11-14(17-6-4-3-5-9-27(17)18)20(30)25-13-7-8-16(24)15(23)10-13/h7-8,10-11,28H,3-6,9,12H2,1-2H3,(H,25,30)(H,26,31). The highest BCUT2D eigenvalue weighted by molar-refractivity contribution is 6.42. The number of rotatable bonds is 6. The zero-order chi connectivity index (χ0) is 22.8. The molecule has 9 heteroatoms. The van der Waals surface area contributed by atoms with E-state index >= 15 is 0 Å². The molecule has 0 saturated carbocycles. The van der Waals surface area contributed by atoms with Crippen molar-refractivity contribution < 1.29 is 23.9 Å². The number of halogens is 2. The van der Waals surface area contributed by atoms with E-state index in [1.54, 1.807) is 18.4 Å². The van der Waals surface area contributed by atoms with Crippen LogP contribution in [-0.4, -0.2) is 39.4 Å². The van der Waals surface area contributed by atoms with Gasteiger partial charge < -0.3 is 20.3 Å². The molecule has 3 rings (SSSR count). The number of anilines is 1. The fourth-order valence-corrected chi connectivity index (χ4v) is 3.71. The van der Waals surface area contributed by atoms with Crippen molar-refractivity contribution in [3.8, 4) is 0 Å². The van der Waals surface area contributed by atoms with Gasteiger partial charge in [-0.05, 0) is 57.4 Å². The van der Waals surface area contributed by atoms with E-state index in [1.165, 1.54) is 18.2 Å². The van der Waals surface area contributed by atoms with Crippen molar-refractivity contribution in [3.63, 3.8) is 0 Å². The van der Waals surface area contributed by atoms with Crippen molar-refractivity contribution in [2.75, 3.05) is 11.9 Å². The average molecular weight is 450 g/mol. The predicted octanol–water partition coefficient (Wildman–Crippen LogP) is 3.33. The molecule has 1 aliphatic heterocycles. The van der Waals surface area contributed by atoms with E-state index in [1.807, 2.05) is 0 Å². The molecule has 7 nitrogen and oxygen atoms in total. The van der Waals surface area contributed by atoms with Gasteiger partial charge in [-0.15, -0.1) is 0 Å². The van der Waals surface area contributed by atoms with Crippen LogP contribution in [0.5, 0.6) is 0 Å². The molecule has 3 N–H and O–H groups in total. The normalized spacial score (nSPS) is 13.8. The maximum absolute atomic E-state index is 13.4. The number of aliphatic hydroxyl groups excluding tert-OH is 1. The fourth-order valence-electron chi connectivity index (χ4n) is 3.53. The molecular weight excluding hydrogens is 425 g/mol. The van der Waals surface area contributed by atoms with Gasteiger partial charge in [0.2, 0.25) is 0 Å². The van der Waals surface area contributed by atoms with Crippen LogP contribution >= 0.6 is 11.6 Å². The Kier molecular flexibility index (Phi) is 6.81. The SMILES string of the molecule is CC(C)(CO)NC(=O)C(=O)c1cc(C(=O)Nc2ccc(F)c(Cl)c2)c2n1CCCCC2. The Morgan fingerprint density at radius 1 is 1.19 bits per heavy atom. The molecule has 0 spiro atoms. The Bertz CT molecular complexity index is 1030. The van der Waals surface area contributed by atoms with Crippen LogP contribution in [0.4, 0.5) is 10.1 Å². The van der Waals surface area contributed by atoms with E-state index in [0.717, 1.165) is 25.3 Å². The number of aliphatic hydroxyl groups is 1. The smallest absolute Gasteiger partial charge is 0.294 e. The summed E-state index contributed by atoms with van der Waals surface area (Å²) < 4.78 is 15.1. The lowest BCUT2D eigenvalue weighted by molar-refractivity contribution is -0.119. The maximum Gasteiger partial charge on any atom is 0.294 e. The fraction of sp³-hybridized carbons (Fsp3) is 0.409. The molecule has 1 aromatic carbocycles. The lowest BCUT2D eigenvalue weighted by Gasteiger charge is -2.23. The molecule has 0 aliphatic carbocycles. The summed E-state index contributed by atoms with van der Waals surface area (Å²) in [4.78, 5) is 38.4. The van der Waals surface area contributed by atoms with E-state index in [-0.39, 0.29) is 17.3 Å². The predicted molar refractivity (Wildman–Crippen MR) is 115 cm³/mol. The number of hydrogen-bond acceptors (Lipinski definition) is 4. The number of ketones is 1. The van der Waals surface area contributed by atoms with Gasteiger partial charge in [0.05, 0.1) is 28.4 Å². The van der Waals surface area contributed by atoms with Crippen LogP contribution in [0.25, 0.3) is 0 Å². The molecule has 2 aromatic rings. The van der Waals surface area contributed by atoms with Gasteiger partial charge in [0, 0.05) is 17.9 Å². The molecule has 166 valence electrons. The molecule has 2 amide bonds. The summed E-state index contributed by atoms with van der Waals surface area (Å²) >= 11 is 5.79. The Morgan fingerprint density at radius 3 is 2.61 bits per heavy atom. The molecule has 0 saturated heterocycles.